The van der Waals surface area contributed by atoms with Crippen molar-refractivity contribution in [3.63, 3.8) is 0 Å². The van der Waals surface area contributed by atoms with Gasteiger partial charge < -0.3 is 14.2 Å². The zero-order chi connectivity index (χ0) is 13.9. The Morgan fingerprint density at radius 1 is 1.20 bits per heavy atom. The van der Waals surface area contributed by atoms with E-state index in [0.717, 1.165) is 33.9 Å². The lowest BCUT2D eigenvalue weighted by atomic mass is 10.2. The molecule has 1 aliphatic heterocycles. The van der Waals surface area contributed by atoms with Crippen molar-refractivity contribution in [1.82, 2.24) is 9.97 Å². The van der Waals surface area contributed by atoms with Gasteiger partial charge in [0.15, 0.2) is 11.5 Å². The molecule has 6 heteroatoms. The molecule has 2 aromatic rings. The summed E-state index contributed by atoms with van der Waals surface area (Å²) in [5.41, 5.74) is 1.00. The average molecular weight is 337 g/mol. The van der Waals surface area contributed by atoms with Crippen LogP contribution in [0.4, 0.5) is 0 Å². The van der Waals surface area contributed by atoms with Crippen LogP contribution in [0.2, 0.25) is 0 Å². The van der Waals surface area contributed by atoms with Gasteiger partial charge in [-0.2, -0.15) is 4.98 Å². The van der Waals surface area contributed by atoms with Crippen molar-refractivity contribution in [2.45, 2.75) is 20.0 Å². The van der Waals surface area contributed by atoms with Crippen LogP contribution in [0.15, 0.2) is 28.9 Å². The Morgan fingerprint density at radius 3 is 2.90 bits per heavy atom. The van der Waals surface area contributed by atoms with Gasteiger partial charge in [0, 0.05) is 12.5 Å². The van der Waals surface area contributed by atoms with E-state index in [1.165, 1.54) is 0 Å². The van der Waals surface area contributed by atoms with Crippen molar-refractivity contribution in [2.24, 2.45) is 0 Å². The first-order valence-electron chi connectivity index (χ1n) is 6.29. The number of halogens is 1. The number of rotatable bonds is 4. The molecular formula is C14H13BrN2O3. The van der Waals surface area contributed by atoms with Crippen molar-refractivity contribution in [2.75, 3.05) is 6.79 Å². The zero-order valence-corrected chi connectivity index (χ0v) is 12.5. The standard InChI is InChI=1S/C14H13BrN2O3/c1-2-13-16-12(15)6-14(17-13)18-7-9-3-4-10-11(5-9)20-8-19-10/h3-6H,2,7-8H2,1H3. The Bertz CT molecular complexity index is 634. The van der Waals surface area contributed by atoms with Crippen molar-refractivity contribution < 1.29 is 14.2 Å². The second kappa shape index (κ2) is 5.66. The van der Waals surface area contributed by atoms with E-state index in [4.69, 9.17) is 14.2 Å². The Labute approximate surface area is 125 Å². The van der Waals surface area contributed by atoms with E-state index in [2.05, 4.69) is 25.9 Å². The maximum absolute atomic E-state index is 5.70. The quantitative estimate of drug-likeness (QED) is 0.803. The van der Waals surface area contributed by atoms with E-state index in [-0.39, 0.29) is 6.79 Å². The number of benzene rings is 1. The number of nitrogens with zero attached hydrogens (tertiary/aromatic N) is 2. The lowest BCUT2D eigenvalue weighted by molar-refractivity contribution is 0.174. The van der Waals surface area contributed by atoms with Gasteiger partial charge in [0.05, 0.1) is 0 Å². The fourth-order valence-corrected chi connectivity index (χ4v) is 2.26. The largest absolute Gasteiger partial charge is 0.473 e. The molecule has 0 saturated carbocycles. The molecule has 104 valence electrons. The summed E-state index contributed by atoms with van der Waals surface area (Å²) in [6.45, 7) is 2.70. The average Bonchev–Trinajstić information content (AvgIpc) is 2.92. The third-order valence-electron chi connectivity index (χ3n) is 2.86. The molecule has 20 heavy (non-hydrogen) atoms. The topological polar surface area (TPSA) is 53.5 Å². The predicted molar refractivity (Wildman–Crippen MR) is 76.0 cm³/mol. The lowest BCUT2D eigenvalue weighted by Gasteiger charge is -2.07. The van der Waals surface area contributed by atoms with Crippen molar-refractivity contribution >= 4 is 15.9 Å². The van der Waals surface area contributed by atoms with Crippen LogP contribution in [0.1, 0.15) is 18.3 Å². The maximum atomic E-state index is 5.70. The number of hydrogen-bond acceptors (Lipinski definition) is 5. The molecule has 5 nitrogen and oxygen atoms in total. The minimum Gasteiger partial charge on any atom is -0.473 e. The fraction of sp³-hybridized carbons (Fsp3) is 0.286. The number of hydrogen-bond donors (Lipinski definition) is 0. The molecule has 0 N–H and O–H groups in total. The van der Waals surface area contributed by atoms with Crippen molar-refractivity contribution in [1.29, 1.82) is 0 Å². The summed E-state index contributed by atoms with van der Waals surface area (Å²) >= 11 is 3.35. The van der Waals surface area contributed by atoms with E-state index >= 15 is 0 Å². The first-order valence-corrected chi connectivity index (χ1v) is 7.08. The van der Waals surface area contributed by atoms with Gasteiger partial charge >= 0.3 is 0 Å². The van der Waals surface area contributed by atoms with Crippen LogP contribution >= 0.6 is 15.9 Å². The van der Waals surface area contributed by atoms with Crippen LogP contribution in [-0.2, 0) is 13.0 Å². The van der Waals surface area contributed by atoms with Crippen LogP contribution in [0.3, 0.4) is 0 Å². The molecule has 3 rings (SSSR count). The number of aromatic nitrogens is 2. The summed E-state index contributed by atoms with van der Waals surface area (Å²) in [5.74, 6) is 2.83. The van der Waals surface area contributed by atoms with E-state index in [9.17, 15) is 0 Å². The molecule has 0 bridgehead atoms. The number of ether oxygens (including phenoxy) is 3. The van der Waals surface area contributed by atoms with Gasteiger partial charge in [0.1, 0.15) is 17.0 Å². The highest BCUT2D eigenvalue weighted by Gasteiger charge is 2.13. The minimum atomic E-state index is 0.276. The molecule has 0 radical (unpaired) electrons. The van der Waals surface area contributed by atoms with Gasteiger partial charge in [0.25, 0.3) is 0 Å². The predicted octanol–water partition coefficient (Wildman–Crippen LogP) is 3.11. The Hall–Kier alpha value is -1.82. The molecule has 1 aliphatic rings. The van der Waals surface area contributed by atoms with Gasteiger partial charge in [-0.05, 0) is 33.6 Å². The minimum absolute atomic E-state index is 0.276. The van der Waals surface area contributed by atoms with Crippen molar-refractivity contribution in [3.8, 4) is 17.4 Å². The molecule has 0 atom stereocenters. The summed E-state index contributed by atoms with van der Waals surface area (Å²) in [6.07, 6.45) is 0.764. The van der Waals surface area contributed by atoms with Crippen LogP contribution < -0.4 is 14.2 Å². The number of fused-ring (bicyclic) bond motifs is 1. The van der Waals surface area contributed by atoms with E-state index in [0.29, 0.717) is 12.5 Å². The van der Waals surface area contributed by atoms with Gasteiger partial charge in [-0.15, -0.1) is 0 Å². The van der Waals surface area contributed by atoms with Crippen LogP contribution in [0.5, 0.6) is 17.4 Å². The lowest BCUT2D eigenvalue weighted by Crippen LogP contribution is -2.01. The summed E-state index contributed by atoms with van der Waals surface area (Å²) in [5, 5.41) is 0. The molecular weight excluding hydrogens is 324 g/mol. The molecule has 0 fully saturated rings. The molecule has 1 aromatic heterocycles. The molecule has 0 spiro atoms. The highest BCUT2D eigenvalue weighted by molar-refractivity contribution is 9.10. The highest BCUT2D eigenvalue weighted by Crippen LogP contribution is 2.32. The maximum Gasteiger partial charge on any atom is 0.231 e. The second-order valence-corrected chi connectivity index (χ2v) is 5.09. The summed E-state index contributed by atoms with van der Waals surface area (Å²) in [6, 6.07) is 7.50. The third kappa shape index (κ3) is 2.85. The molecule has 0 saturated heterocycles. The summed E-state index contributed by atoms with van der Waals surface area (Å²) < 4.78 is 17.0. The van der Waals surface area contributed by atoms with Gasteiger partial charge in [-0.25, -0.2) is 4.98 Å². The van der Waals surface area contributed by atoms with Crippen LogP contribution in [-0.4, -0.2) is 16.8 Å². The van der Waals surface area contributed by atoms with Crippen LogP contribution in [0, 0.1) is 0 Å². The van der Waals surface area contributed by atoms with Gasteiger partial charge in [-0.1, -0.05) is 13.0 Å². The van der Waals surface area contributed by atoms with E-state index < -0.39 is 0 Å². The first kappa shape index (κ1) is 13.2. The highest BCUT2D eigenvalue weighted by atomic mass is 79.9. The second-order valence-electron chi connectivity index (χ2n) is 4.27. The Morgan fingerprint density at radius 2 is 2.05 bits per heavy atom. The SMILES string of the molecule is CCc1nc(Br)cc(OCc2ccc3c(c2)OCO3)n1. The smallest absolute Gasteiger partial charge is 0.231 e. The van der Waals surface area contributed by atoms with E-state index in [1.807, 2.05) is 25.1 Å². The van der Waals surface area contributed by atoms with E-state index in [1.54, 1.807) is 6.07 Å². The third-order valence-corrected chi connectivity index (χ3v) is 3.26. The summed E-state index contributed by atoms with van der Waals surface area (Å²) in [7, 11) is 0. The molecule has 1 aromatic carbocycles. The Balaban J connectivity index is 1.71. The normalized spacial score (nSPS) is 12.5. The van der Waals surface area contributed by atoms with Crippen LogP contribution in [0.25, 0.3) is 0 Å². The first-order chi connectivity index (χ1) is 9.74. The zero-order valence-electron chi connectivity index (χ0n) is 10.9. The molecule has 2 heterocycles. The summed E-state index contributed by atoms with van der Waals surface area (Å²) in [4.78, 5) is 8.56. The fourth-order valence-electron chi connectivity index (χ4n) is 1.86. The van der Waals surface area contributed by atoms with Gasteiger partial charge in [0.2, 0.25) is 12.7 Å². The monoisotopic (exact) mass is 336 g/mol. The van der Waals surface area contributed by atoms with Gasteiger partial charge in [-0.3, -0.25) is 0 Å². The van der Waals surface area contributed by atoms with Crippen molar-refractivity contribution in [3.05, 3.63) is 40.3 Å². The molecule has 0 amide bonds. The molecule has 0 aliphatic carbocycles. The number of aryl methyl sites for hydroxylation is 1. The Kier molecular flexibility index (Phi) is 3.73. The molecule has 0 unspecified atom stereocenters.